The first-order valence-electron chi connectivity index (χ1n) is 16.8. The first-order chi connectivity index (χ1) is 22.8. The number of methoxy groups -OCH3 is 1. The highest BCUT2D eigenvalue weighted by molar-refractivity contribution is 6.91. The van der Waals surface area contributed by atoms with Crippen LogP contribution in [0.15, 0.2) is 48.5 Å². The van der Waals surface area contributed by atoms with Crippen LogP contribution in [0.25, 0.3) is 0 Å². The maximum Gasteiger partial charge on any atom is 0.256 e. The Hall–Kier alpha value is -2.88. The van der Waals surface area contributed by atoms with E-state index in [9.17, 15) is 35.1 Å². The van der Waals surface area contributed by atoms with Gasteiger partial charge in [0.2, 0.25) is 5.91 Å². The lowest BCUT2D eigenvalue weighted by Gasteiger charge is -2.37. The molecule has 10 atom stereocenters. The summed E-state index contributed by atoms with van der Waals surface area (Å²) in [5, 5.41) is 53.3. The molecule has 0 spiro atoms. The average molecular weight is 687 g/mol. The molecule has 2 aromatic rings. The van der Waals surface area contributed by atoms with Crippen LogP contribution < -0.4 is 15.2 Å². The number of hydrogen-bond donors (Lipinski definition) is 6. The van der Waals surface area contributed by atoms with Crippen LogP contribution in [0, 0.1) is 5.92 Å². The largest absolute Gasteiger partial charge is 0.497 e. The van der Waals surface area contributed by atoms with Crippen molar-refractivity contribution in [3.8, 4) is 5.75 Å². The number of aliphatic hydroxyl groups excluding tert-OH is 5. The van der Waals surface area contributed by atoms with E-state index in [1.807, 2.05) is 29.2 Å². The Labute approximate surface area is 282 Å². The van der Waals surface area contributed by atoms with Crippen molar-refractivity contribution in [2.24, 2.45) is 5.92 Å². The molecule has 0 aliphatic carbocycles. The molecule has 2 aromatic carbocycles. The number of anilines is 1. The Bertz CT molecular complexity index is 1390. The quantitative estimate of drug-likeness (QED) is 0.188. The van der Waals surface area contributed by atoms with Crippen LogP contribution in [0.4, 0.5) is 5.69 Å². The predicted octanol–water partition coefficient (Wildman–Crippen LogP) is 1.13. The second-order valence-corrected chi connectivity index (χ2v) is 18.6. The lowest BCUT2D eigenvalue weighted by atomic mass is 9.95. The van der Waals surface area contributed by atoms with Gasteiger partial charge >= 0.3 is 0 Å². The summed E-state index contributed by atoms with van der Waals surface area (Å²) in [7, 11) is -0.506. The maximum atomic E-state index is 13.6. The van der Waals surface area contributed by atoms with Gasteiger partial charge in [-0.15, -0.1) is 0 Å². The van der Waals surface area contributed by atoms with Crippen LogP contribution in [-0.4, -0.2) is 120 Å². The third-order valence-electron chi connectivity index (χ3n) is 10.6. The summed E-state index contributed by atoms with van der Waals surface area (Å²) in [6.45, 7) is 7.56. The number of likely N-dealkylation sites (tertiary alicyclic amines) is 1. The Morgan fingerprint density at radius 2 is 1.65 bits per heavy atom. The Morgan fingerprint density at radius 3 is 2.29 bits per heavy atom. The first kappa shape index (κ1) is 36.4. The normalized spacial score (nSPS) is 32.3. The number of benzene rings is 2. The summed E-state index contributed by atoms with van der Waals surface area (Å²) in [6, 6.07) is 15.4. The molecule has 3 fully saturated rings. The fourth-order valence-electron chi connectivity index (χ4n) is 7.84. The van der Waals surface area contributed by atoms with Gasteiger partial charge in [0.25, 0.3) is 5.91 Å². The number of nitrogens with one attached hydrogen (secondary N) is 1. The fraction of sp³-hybridized carbons (Fsp3) is 0.600. The highest BCUT2D eigenvalue weighted by atomic mass is 28.3. The van der Waals surface area contributed by atoms with Crippen LogP contribution in [0.2, 0.25) is 18.6 Å². The van der Waals surface area contributed by atoms with Gasteiger partial charge in [-0.1, -0.05) is 49.5 Å². The lowest BCUT2D eigenvalue weighted by Crippen LogP contribution is -2.60. The minimum absolute atomic E-state index is 0.0268. The molecule has 0 bridgehead atoms. The van der Waals surface area contributed by atoms with Crippen molar-refractivity contribution >= 4 is 30.8 Å². The molecular weight excluding hydrogens is 636 g/mol. The molecule has 6 N–H and O–H groups in total. The van der Waals surface area contributed by atoms with Gasteiger partial charge in [0.1, 0.15) is 24.1 Å². The molecule has 13 heteroatoms. The number of rotatable bonds is 11. The second kappa shape index (κ2) is 15.3. The third-order valence-corrected chi connectivity index (χ3v) is 15.0. The number of amides is 2. The van der Waals surface area contributed by atoms with E-state index in [1.54, 1.807) is 19.2 Å². The zero-order valence-electron chi connectivity index (χ0n) is 28.1. The molecule has 0 aromatic heterocycles. The monoisotopic (exact) mass is 686 g/mol. The van der Waals surface area contributed by atoms with Gasteiger partial charge in [0.15, 0.2) is 12.4 Å². The van der Waals surface area contributed by atoms with E-state index < -0.39 is 44.7 Å². The van der Waals surface area contributed by atoms with E-state index >= 15 is 0 Å². The second-order valence-electron chi connectivity index (χ2n) is 14.0. The van der Waals surface area contributed by atoms with Crippen LogP contribution in [-0.2, 0) is 25.5 Å². The molecular formula is C35H50N2O10Si. The van der Waals surface area contributed by atoms with Gasteiger partial charge in [-0.05, 0) is 67.0 Å². The molecule has 48 heavy (non-hydrogen) atoms. The van der Waals surface area contributed by atoms with Gasteiger partial charge in [-0.2, -0.15) is 0 Å². The summed E-state index contributed by atoms with van der Waals surface area (Å²) in [6.07, 6.45) is -5.38. The number of carbonyl (C=O) groups is 2. The van der Waals surface area contributed by atoms with E-state index in [2.05, 4.69) is 37.5 Å². The van der Waals surface area contributed by atoms with E-state index in [1.165, 1.54) is 5.19 Å². The number of aliphatic hydroxyl groups is 5. The third kappa shape index (κ3) is 7.63. The summed E-state index contributed by atoms with van der Waals surface area (Å²) < 4.78 is 17.2. The molecule has 2 amide bonds. The minimum atomic E-state index is -2.16. The van der Waals surface area contributed by atoms with Gasteiger partial charge in [-0.3, -0.25) is 9.59 Å². The van der Waals surface area contributed by atoms with Crippen LogP contribution >= 0.6 is 0 Å². The summed E-state index contributed by atoms with van der Waals surface area (Å²) in [5.41, 5.74) is 1.65. The molecule has 0 radical (unpaired) electrons. The van der Waals surface area contributed by atoms with Crippen molar-refractivity contribution in [2.75, 3.05) is 25.6 Å². The van der Waals surface area contributed by atoms with E-state index in [0.717, 1.165) is 30.6 Å². The first-order valence-corrected chi connectivity index (χ1v) is 19.9. The van der Waals surface area contributed by atoms with Crippen LogP contribution in [0.1, 0.15) is 38.2 Å². The van der Waals surface area contributed by atoms with Crippen molar-refractivity contribution in [1.29, 1.82) is 0 Å². The van der Waals surface area contributed by atoms with Crippen molar-refractivity contribution in [3.63, 3.8) is 0 Å². The van der Waals surface area contributed by atoms with Crippen molar-refractivity contribution in [1.82, 2.24) is 4.90 Å². The highest BCUT2D eigenvalue weighted by Gasteiger charge is 2.51. The fourth-order valence-corrected chi connectivity index (χ4v) is 11.9. The summed E-state index contributed by atoms with van der Waals surface area (Å²) in [4.78, 5) is 28.1. The molecule has 3 aliphatic rings. The maximum absolute atomic E-state index is 13.6. The van der Waals surface area contributed by atoms with Crippen molar-refractivity contribution in [2.45, 2.75) is 107 Å². The zero-order valence-corrected chi connectivity index (χ0v) is 29.1. The number of carbonyl (C=O) groups excluding carboxylic acids is 2. The van der Waals surface area contributed by atoms with E-state index in [-0.39, 0.29) is 48.6 Å². The number of nitrogens with zero attached hydrogens (tertiary/aromatic N) is 1. The standard InChI is InChI=1S/C35H50N2O10Si/c1-20-26(16-9-21-7-10-22(11-8-21)36-34(43)32-30(41)29(40)31(42)35(44)47-32)46-27(18-28(39)37-17-5-6-23(37)19-38)33(20)48(3,4)25-14-12-24(45-2)13-15-25/h7-8,10-15,20,23,26-27,29-33,35,38,40-42,44H,5-6,9,16-19H2,1-4H3,(H,36,43)/t20-,23-,26+,27-,29-,30-,31+,32-,33+,35+/m0/s1. The smallest absolute Gasteiger partial charge is 0.256 e. The van der Waals surface area contributed by atoms with Crippen LogP contribution in [0.5, 0.6) is 5.75 Å². The summed E-state index contributed by atoms with van der Waals surface area (Å²) in [5.74, 6) is 0.278. The van der Waals surface area contributed by atoms with Gasteiger partial charge in [0, 0.05) is 12.2 Å². The summed E-state index contributed by atoms with van der Waals surface area (Å²) >= 11 is 0. The zero-order chi connectivity index (χ0) is 34.7. The Balaban J connectivity index is 1.26. The SMILES string of the molecule is COc1ccc([Si](C)(C)[C@@H]2[C@@H](C)[C@@H](CCc3ccc(NC(=O)[C@H]4O[C@@H](O)[C@H](O)[C@@H](O)[C@@H]4O)cc3)O[C@H]2CC(=O)N2CCC[C@H]2CO)cc1. The molecule has 3 saturated heterocycles. The predicted molar refractivity (Wildman–Crippen MR) is 180 cm³/mol. The highest BCUT2D eigenvalue weighted by Crippen LogP contribution is 2.46. The van der Waals surface area contributed by atoms with Crippen LogP contribution in [0.3, 0.4) is 0 Å². The molecule has 0 saturated carbocycles. The van der Waals surface area contributed by atoms with E-state index in [0.29, 0.717) is 18.7 Å². The topological polar surface area (TPSA) is 178 Å². The molecule has 0 unspecified atom stereocenters. The molecule has 264 valence electrons. The molecule has 3 aliphatic heterocycles. The number of aryl methyl sites for hydroxylation is 1. The van der Waals surface area contributed by atoms with E-state index in [4.69, 9.17) is 14.2 Å². The Kier molecular flexibility index (Phi) is 11.6. The minimum Gasteiger partial charge on any atom is -0.497 e. The number of hydrogen-bond acceptors (Lipinski definition) is 10. The van der Waals surface area contributed by atoms with Crippen molar-refractivity contribution in [3.05, 3.63) is 54.1 Å². The lowest BCUT2D eigenvalue weighted by molar-refractivity contribution is -0.274. The Morgan fingerprint density at radius 1 is 0.958 bits per heavy atom. The van der Waals surface area contributed by atoms with Gasteiger partial charge in [0.05, 0.1) is 46.5 Å². The average Bonchev–Trinajstić information content (AvgIpc) is 3.69. The molecule has 3 heterocycles. The van der Waals surface area contributed by atoms with Gasteiger partial charge < -0.3 is 50.0 Å². The van der Waals surface area contributed by atoms with Gasteiger partial charge in [-0.25, -0.2) is 0 Å². The molecule has 12 nitrogen and oxygen atoms in total. The number of ether oxygens (including phenoxy) is 3. The molecule has 5 rings (SSSR count). The van der Waals surface area contributed by atoms with Crippen molar-refractivity contribution < 1.29 is 49.3 Å².